The molecule has 0 aliphatic carbocycles. The Labute approximate surface area is 93.1 Å². The summed E-state index contributed by atoms with van der Waals surface area (Å²) in [4.78, 5) is 0. The first-order valence-electron chi connectivity index (χ1n) is 3.53. The Morgan fingerprint density at radius 1 is 1.46 bits per heavy atom. The predicted octanol–water partition coefficient (Wildman–Crippen LogP) is 3.27. The van der Waals surface area contributed by atoms with E-state index >= 15 is 0 Å². The third kappa shape index (κ3) is 2.33. The predicted molar refractivity (Wildman–Crippen MR) is 59.2 cm³/mol. The van der Waals surface area contributed by atoms with E-state index in [0.29, 0.717) is 11.4 Å². The van der Waals surface area contributed by atoms with E-state index in [1.807, 2.05) is 6.92 Å². The summed E-state index contributed by atoms with van der Waals surface area (Å²) in [6.45, 7) is 1.91. The number of nitrogens with two attached hydrogens (primary N) is 1. The lowest BCUT2D eigenvalue weighted by Gasteiger charge is -2.08. The van der Waals surface area contributed by atoms with E-state index in [4.69, 9.17) is 28.9 Å². The van der Waals surface area contributed by atoms with E-state index < -0.39 is 0 Å². The summed E-state index contributed by atoms with van der Waals surface area (Å²) < 4.78 is 0. The molecule has 5 heteroatoms. The second-order valence-corrected chi connectivity index (χ2v) is 3.23. The summed E-state index contributed by atoms with van der Waals surface area (Å²) in [5.41, 5.74) is 6.36. The zero-order chi connectivity index (χ0) is 9.30. The molecule has 1 rings (SSSR count). The van der Waals surface area contributed by atoms with E-state index in [9.17, 15) is 5.11 Å². The first kappa shape index (κ1) is 12.7. The van der Waals surface area contributed by atoms with Crippen LogP contribution in [0.1, 0.15) is 12.5 Å². The summed E-state index contributed by atoms with van der Waals surface area (Å²) in [5, 5.41) is 10.1. The van der Waals surface area contributed by atoms with Crippen LogP contribution in [0.4, 0.5) is 5.69 Å². The highest BCUT2D eigenvalue weighted by molar-refractivity contribution is 6.37. The molecule has 0 amide bonds. The average Bonchev–Trinajstić information content (AvgIpc) is 2.01. The van der Waals surface area contributed by atoms with Crippen molar-refractivity contribution in [3.63, 3.8) is 0 Å². The molecule has 0 bridgehead atoms. The molecule has 74 valence electrons. The highest BCUT2D eigenvalue weighted by atomic mass is 35.5. The minimum Gasteiger partial charge on any atom is -0.504 e. The molecule has 0 heterocycles. The van der Waals surface area contributed by atoms with Gasteiger partial charge in [-0.25, -0.2) is 0 Å². The number of anilines is 1. The molecule has 0 aromatic heterocycles. The Hall–Kier alpha value is -0.310. The van der Waals surface area contributed by atoms with Gasteiger partial charge < -0.3 is 10.8 Å². The zero-order valence-corrected chi connectivity index (χ0v) is 9.30. The number of phenols is 1. The van der Waals surface area contributed by atoms with Gasteiger partial charge in [-0.15, -0.1) is 12.4 Å². The molecule has 0 saturated carbocycles. The molecule has 0 saturated heterocycles. The minimum absolute atomic E-state index is 0. The van der Waals surface area contributed by atoms with Crippen LogP contribution in [-0.2, 0) is 6.42 Å². The number of phenolic OH excluding ortho intramolecular Hbond substituents is 1. The van der Waals surface area contributed by atoms with Gasteiger partial charge in [0.05, 0.1) is 10.7 Å². The van der Waals surface area contributed by atoms with Crippen LogP contribution in [0.5, 0.6) is 5.75 Å². The van der Waals surface area contributed by atoms with Gasteiger partial charge in [0.25, 0.3) is 0 Å². The Balaban J connectivity index is 0.00000144. The molecule has 0 aliphatic rings. The van der Waals surface area contributed by atoms with Crippen molar-refractivity contribution in [1.29, 1.82) is 0 Å². The van der Waals surface area contributed by atoms with Crippen LogP contribution in [-0.4, -0.2) is 5.11 Å². The quantitative estimate of drug-likeness (QED) is 0.586. The van der Waals surface area contributed by atoms with Crippen molar-refractivity contribution in [3.8, 4) is 5.75 Å². The second-order valence-electron chi connectivity index (χ2n) is 2.44. The maximum Gasteiger partial charge on any atom is 0.157 e. The van der Waals surface area contributed by atoms with Crippen LogP contribution in [0.3, 0.4) is 0 Å². The van der Waals surface area contributed by atoms with Crippen molar-refractivity contribution in [2.45, 2.75) is 13.3 Å². The largest absolute Gasteiger partial charge is 0.504 e. The molecule has 2 nitrogen and oxygen atoms in total. The molecule has 13 heavy (non-hydrogen) atoms. The van der Waals surface area contributed by atoms with Crippen LogP contribution in [0.25, 0.3) is 0 Å². The molecule has 3 N–H and O–H groups in total. The van der Waals surface area contributed by atoms with E-state index in [1.165, 1.54) is 6.07 Å². The van der Waals surface area contributed by atoms with E-state index in [1.54, 1.807) is 0 Å². The molecule has 1 aromatic rings. The Morgan fingerprint density at radius 3 is 2.46 bits per heavy atom. The van der Waals surface area contributed by atoms with Crippen LogP contribution in [0, 0.1) is 0 Å². The summed E-state index contributed by atoms with van der Waals surface area (Å²) >= 11 is 11.6. The van der Waals surface area contributed by atoms with Crippen LogP contribution in [0.2, 0.25) is 10.0 Å². The number of rotatable bonds is 1. The van der Waals surface area contributed by atoms with Crippen molar-refractivity contribution in [2.75, 3.05) is 5.73 Å². The second kappa shape index (κ2) is 4.80. The maximum atomic E-state index is 9.33. The first-order chi connectivity index (χ1) is 5.57. The fourth-order valence-electron chi connectivity index (χ4n) is 0.991. The van der Waals surface area contributed by atoms with Gasteiger partial charge in [0.1, 0.15) is 0 Å². The Morgan fingerprint density at radius 2 is 2.00 bits per heavy atom. The Kier molecular flexibility index (Phi) is 4.68. The van der Waals surface area contributed by atoms with E-state index in [-0.39, 0.29) is 28.9 Å². The van der Waals surface area contributed by atoms with Gasteiger partial charge in [-0.05, 0) is 18.1 Å². The number of nitrogen functional groups attached to an aromatic ring is 1. The van der Waals surface area contributed by atoms with Gasteiger partial charge in [0.2, 0.25) is 0 Å². The number of aromatic hydroxyl groups is 1. The lowest BCUT2D eigenvalue weighted by molar-refractivity contribution is 0.477. The van der Waals surface area contributed by atoms with Crippen molar-refractivity contribution in [2.24, 2.45) is 0 Å². The normalized spacial score (nSPS) is 9.46. The summed E-state index contributed by atoms with van der Waals surface area (Å²) in [6, 6.07) is 1.50. The maximum absolute atomic E-state index is 9.33. The summed E-state index contributed by atoms with van der Waals surface area (Å²) in [6.07, 6.45) is 0.672. The van der Waals surface area contributed by atoms with Crippen LogP contribution >= 0.6 is 35.6 Å². The van der Waals surface area contributed by atoms with Crippen molar-refractivity contribution in [1.82, 2.24) is 0 Å². The summed E-state index contributed by atoms with van der Waals surface area (Å²) in [7, 11) is 0. The van der Waals surface area contributed by atoms with Gasteiger partial charge in [-0.1, -0.05) is 30.1 Å². The topological polar surface area (TPSA) is 46.2 Å². The van der Waals surface area contributed by atoms with Crippen LogP contribution < -0.4 is 5.73 Å². The fourth-order valence-corrected chi connectivity index (χ4v) is 1.73. The van der Waals surface area contributed by atoms with E-state index in [0.717, 1.165) is 5.56 Å². The number of hydrogen-bond donors (Lipinski definition) is 2. The molecule has 0 aliphatic heterocycles. The van der Waals surface area contributed by atoms with E-state index in [2.05, 4.69) is 0 Å². The molecule has 1 aromatic carbocycles. The number of benzene rings is 1. The molecule has 0 unspecified atom stereocenters. The van der Waals surface area contributed by atoms with Crippen molar-refractivity contribution in [3.05, 3.63) is 21.7 Å². The van der Waals surface area contributed by atoms with Crippen molar-refractivity contribution >= 4 is 41.3 Å². The van der Waals surface area contributed by atoms with Gasteiger partial charge >= 0.3 is 0 Å². The smallest absolute Gasteiger partial charge is 0.157 e. The molecular weight excluding hydrogens is 232 g/mol. The lowest BCUT2D eigenvalue weighted by Crippen LogP contribution is -1.91. The number of halogens is 3. The summed E-state index contributed by atoms with van der Waals surface area (Å²) in [5.74, 6) is -0.0853. The van der Waals surface area contributed by atoms with Crippen LogP contribution in [0.15, 0.2) is 6.07 Å². The molecule has 0 atom stereocenters. The molecule has 0 fully saturated rings. The molecule has 0 radical (unpaired) electrons. The van der Waals surface area contributed by atoms with Gasteiger partial charge in [0.15, 0.2) is 5.75 Å². The third-order valence-electron chi connectivity index (χ3n) is 1.67. The molecular formula is C8H10Cl3NO. The monoisotopic (exact) mass is 241 g/mol. The first-order valence-corrected chi connectivity index (χ1v) is 4.28. The van der Waals surface area contributed by atoms with Crippen molar-refractivity contribution < 1.29 is 5.11 Å². The third-order valence-corrected chi connectivity index (χ3v) is 2.41. The standard InChI is InChI=1S/C8H9Cl2NO.ClH/c1-2-4-5(9)3-6(11)8(12)7(4)10;/h3,12H,2,11H2,1H3;1H. The van der Waals surface area contributed by atoms with Gasteiger partial charge in [-0.3, -0.25) is 0 Å². The molecule has 0 spiro atoms. The van der Waals surface area contributed by atoms with Gasteiger partial charge in [-0.2, -0.15) is 0 Å². The lowest BCUT2D eigenvalue weighted by atomic mass is 10.1. The zero-order valence-electron chi connectivity index (χ0n) is 6.97. The Bertz CT molecular complexity index is 315. The highest BCUT2D eigenvalue weighted by Crippen LogP contribution is 2.37. The minimum atomic E-state index is -0.0853. The van der Waals surface area contributed by atoms with Gasteiger partial charge in [0, 0.05) is 5.02 Å². The number of hydrogen-bond acceptors (Lipinski definition) is 2. The SMILES string of the molecule is CCc1c(Cl)cc(N)c(O)c1Cl.Cl. The average molecular weight is 243 g/mol. The highest BCUT2D eigenvalue weighted by Gasteiger charge is 2.11. The fraction of sp³-hybridized carbons (Fsp3) is 0.250.